The van der Waals surface area contributed by atoms with Gasteiger partial charge in [-0.1, -0.05) is 39.3 Å². The van der Waals surface area contributed by atoms with Gasteiger partial charge in [0.15, 0.2) is 0 Å². The molecule has 3 nitrogen and oxygen atoms in total. The van der Waals surface area contributed by atoms with Crippen molar-refractivity contribution in [3.63, 3.8) is 0 Å². The summed E-state index contributed by atoms with van der Waals surface area (Å²) in [5.41, 5.74) is 0.366. The molecule has 0 aromatic heterocycles. The lowest BCUT2D eigenvalue weighted by molar-refractivity contribution is 0.0107. The summed E-state index contributed by atoms with van der Waals surface area (Å²) in [7, 11) is 0. The Kier molecular flexibility index (Phi) is 6.27. The molecule has 0 aliphatic heterocycles. The van der Waals surface area contributed by atoms with E-state index in [1.165, 1.54) is 19.3 Å². The Morgan fingerprint density at radius 1 is 1.33 bits per heavy atom. The Bertz CT molecular complexity index is 340. The van der Waals surface area contributed by atoms with Gasteiger partial charge in [-0.2, -0.15) is 0 Å². The van der Waals surface area contributed by atoms with Crippen molar-refractivity contribution in [3.05, 3.63) is 12.2 Å². The number of aliphatic hydroxyl groups is 1. The van der Waals surface area contributed by atoms with Crippen molar-refractivity contribution in [2.24, 2.45) is 17.3 Å². The van der Waals surface area contributed by atoms with Crippen LogP contribution < -0.4 is 5.32 Å². The molecule has 2 rings (SSSR count). The van der Waals surface area contributed by atoms with E-state index < -0.39 is 6.10 Å². The second kappa shape index (κ2) is 7.75. The van der Waals surface area contributed by atoms with E-state index in [9.17, 15) is 5.11 Å². The molecule has 0 spiro atoms. The summed E-state index contributed by atoms with van der Waals surface area (Å²) in [6.45, 7) is 8.80. The average Bonchev–Trinajstić information content (AvgIpc) is 2.77. The Morgan fingerprint density at radius 2 is 2.10 bits per heavy atom. The van der Waals surface area contributed by atoms with Gasteiger partial charge in [0.1, 0.15) is 0 Å². The molecule has 2 N–H and O–H groups in total. The van der Waals surface area contributed by atoms with Crippen LogP contribution in [0.3, 0.4) is 0 Å². The predicted molar refractivity (Wildman–Crippen MR) is 87.3 cm³/mol. The zero-order chi connectivity index (χ0) is 15.3. The third-order valence-corrected chi connectivity index (χ3v) is 5.42. The molecule has 4 atom stereocenters. The summed E-state index contributed by atoms with van der Waals surface area (Å²) >= 11 is 0. The SMILES string of the molecule is CC1CC=CCC1COCC(O)CNC1CCCC1(C)C. The van der Waals surface area contributed by atoms with Gasteiger partial charge in [-0.25, -0.2) is 0 Å². The first kappa shape index (κ1) is 17.0. The molecule has 0 aromatic rings. The number of rotatable bonds is 7. The topological polar surface area (TPSA) is 41.5 Å². The minimum absolute atomic E-state index is 0.366. The highest BCUT2D eigenvalue weighted by Gasteiger charge is 2.34. The summed E-state index contributed by atoms with van der Waals surface area (Å²) < 4.78 is 5.75. The monoisotopic (exact) mass is 295 g/mol. The van der Waals surface area contributed by atoms with Gasteiger partial charge in [0.05, 0.1) is 19.3 Å². The Hall–Kier alpha value is -0.380. The van der Waals surface area contributed by atoms with E-state index in [-0.39, 0.29) is 0 Å². The van der Waals surface area contributed by atoms with Crippen molar-refractivity contribution in [2.75, 3.05) is 19.8 Å². The largest absolute Gasteiger partial charge is 0.389 e. The molecule has 0 bridgehead atoms. The van der Waals surface area contributed by atoms with Crippen molar-refractivity contribution in [1.82, 2.24) is 5.32 Å². The van der Waals surface area contributed by atoms with Crippen LogP contribution in [0.2, 0.25) is 0 Å². The minimum Gasteiger partial charge on any atom is -0.389 e. The summed E-state index contributed by atoms with van der Waals surface area (Å²) in [6.07, 6.45) is 10.2. The van der Waals surface area contributed by atoms with Gasteiger partial charge >= 0.3 is 0 Å². The number of aliphatic hydroxyl groups excluding tert-OH is 1. The van der Waals surface area contributed by atoms with Gasteiger partial charge in [0.2, 0.25) is 0 Å². The molecule has 21 heavy (non-hydrogen) atoms. The number of hydrogen-bond acceptors (Lipinski definition) is 3. The van der Waals surface area contributed by atoms with Crippen LogP contribution in [0.4, 0.5) is 0 Å². The fraction of sp³-hybridized carbons (Fsp3) is 0.889. The molecule has 0 saturated heterocycles. The lowest BCUT2D eigenvalue weighted by Gasteiger charge is -2.29. The molecule has 0 aromatic carbocycles. The molecule has 3 heteroatoms. The van der Waals surface area contributed by atoms with Gasteiger partial charge in [0.25, 0.3) is 0 Å². The second-order valence-corrected chi connectivity index (χ2v) is 7.71. The standard InChI is InChI=1S/C18H33NO2/c1-14-7-4-5-8-15(14)12-21-13-16(20)11-19-17-9-6-10-18(17,2)3/h4-5,14-17,19-20H,6-13H2,1-3H3. The summed E-state index contributed by atoms with van der Waals surface area (Å²) in [5.74, 6) is 1.31. The van der Waals surface area contributed by atoms with Crippen molar-refractivity contribution in [2.45, 2.75) is 65.0 Å². The van der Waals surface area contributed by atoms with Crippen LogP contribution in [-0.4, -0.2) is 37.0 Å². The Balaban J connectivity index is 1.59. The van der Waals surface area contributed by atoms with Crippen molar-refractivity contribution < 1.29 is 9.84 Å². The molecule has 0 radical (unpaired) electrons. The third kappa shape index (κ3) is 5.08. The smallest absolute Gasteiger partial charge is 0.0897 e. The molecular formula is C18H33NO2. The normalized spacial score (nSPS) is 33.2. The lowest BCUT2D eigenvalue weighted by atomic mass is 9.85. The molecule has 1 fully saturated rings. The first-order valence-electron chi connectivity index (χ1n) is 8.63. The van der Waals surface area contributed by atoms with Crippen LogP contribution in [0.15, 0.2) is 12.2 Å². The zero-order valence-corrected chi connectivity index (χ0v) is 14.0. The van der Waals surface area contributed by atoms with Gasteiger partial charge < -0.3 is 15.2 Å². The number of ether oxygens (including phenoxy) is 1. The van der Waals surface area contributed by atoms with Crippen LogP contribution in [0.1, 0.15) is 52.9 Å². The first-order chi connectivity index (χ1) is 9.99. The van der Waals surface area contributed by atoms with Gasteiger partial charge in [0, 0.05) is 12.6 Å². The highest BCUT2D eigenvalue weighted by molar-refractivity contribution is 4.93. The quantitative estimate of drug-likeness (QED) is 0.709. The molecule has 4 unspecified atom stereocenters. The minimum atomic E-state index is -0.393. The highest BCUT2D eigenvalue weighted by Crippen LogP contribution is 2.37. The van der Waals surface area contributed by atoms with E-state index in [1.54, 1.807) is 0 Å². The van der Waals surface area contributed by atoms with E-state index in [0.29, 0.717) is 36.4 Å². The maximum atomic E-state index is 10.1. The van der Waals surface area contributed by atoms with E-state index in [4.69, 9.17) is 4.74 Å². The molecule has 1 saturated carbocycles. The summed E-state index contributed by atoms with van der Waals surface area (Å²) in [6, 6.07) is 0.538. The van der Waals surface area contributed by atoms with Crippen molar-refractivity contribution in [3.8, 4) is 0 Å². The van der Waals surface area contributed by atoms with Crippen LogP contribution in [0.5, 0.6) is 0 Å². The van der Waals surface area contributed by atoms with Gasteiger partial charge in [-0.05, 0) is 42.9 Å². The highest BCUT2D eigenvalue weighted by atomic mass is 16.5. The van der Waals surface area contributed by atoms with E-state index >= 15 is 0 Å². The maximum absolute atomic E-state index is 10.1. The van der Waals surface area contributed by atoms with E-state index in [1.807, 2.05) is 0 Å². The Labute approximate surface area is 130 Å². The first-order valence-corrected chi connectivity index (χ1v) is 8.63. The van der Waals surface area contributed by atoms with Gasteiger partial charge in [-0.3, -0.25) is 0 Å². The molecule has 2 aliphatic rings. The second-order valence-electron chi connectivity index (χ2n) is 7.71. The maximum Gasteiger partial charge on any atom is 0.0897 e. The van der Waals surface area contributed by atoms with E-state index in [0.717, 1.165) is 19.4 Å². The van der Waals surface area contributed by atoms with Crippen LogP contribution in [0, 0.1) is 17.3 Å². The van der Waals surface area contributed by atoms with Crippen molar-refractivity contribution >= 4 is 0 Å². The summed E-state index contributed by atoms with van der Waals surface area (Å²) in [5, 5.41) is 13.6. The molecule has 0 heterocycles. The lowest BCUT2D eigenvalue weighted by Crippen LogP contribution is -2.42. The van der Waals surface area contributed by atoms with Gasteiger partial charge in [-0.15, -0.1) is 0 Å². The number of nitrogens with one attached hydrogen (secondary N) is 1. The molecule has 2 aliphatic carbocycles. The number of allylic oxidation sites excluding steroid dienone is 2. The van der Waals surface area contributed by atoms with Crippen LogP contribution in [0.25, 0.3) is 0 Å². The fourth-order valence-electron chi connectivity index (χ4n) is 3.64. The predicted octanol–water partition coefficient (Wildman–Crippen LogP) is 3.13. The molecule has 0 amide bonds. The Morgan fingerprint density at radius 3 is 2.76 bits per heavy atom. The fourth-order valence-corrected chi connectivity index (χ4v) is 3.64. The van der Waals surface area contributed by atoms with E-state index in [2.05, 4.69) is 38.2 Å². The third-order valence-electron chi connectivity index (χ3n) is 5.42. The number of hydrogen-bond donors (Lipinski definition) is 2. The molecule has 122 valence electrons. The molecular weight excluding hydrogens is 262 g/mol. The van der Waals surface area contributed by atoms with Crippen LogP contribution >= 0.6 is 0 Å². The summed E-state index contributed by atoms with van der Waals surface area (Å²) in [4.78, 5) is 0. The average molecular weight is 295 g/mol. The van der Waals surface area contributed by atoms with Crippen LogP contribution in [-0.2, 0) is 4.74 Å². The van der Waals surface area contributed by atoms with Crippen molar-refractivity contribution in [1.29, 1.82) is 0 Å². The zero-order valence-electron chi connectivity index (χ0n) is 14.0.